The Hall–Kier alpha value is -3.38. The van der Waals surface area contributed by atoms with Crippen LogP contribution in [0.4, 0.5) is 15.8 Å². The van der Waals surface area contributed by atoms with Crippen molar-refractivity contribution in [3.8, 4) is 5.75 Å². The number of nitrogens with zero attached hydrogens (tertiary/aromatic N) is 1. The molecule has 0 fully saturated rings. The fourth-order valence-corrected chi connectivity index (χ4v) is 3.18. The lowest BCUT2D eigenvalue weighted by atomic mass is 10.1. The number of benzene rings is 3. The molecule has 0 spiro atoms. The van der Waals surface area contributed by atoms with Crippen LogP contribution in [0.15, 0.2) is 66.7 Å². The number of nitrogens with one attached hydrogen (secondary N) is 1. The molecule has 0 aromatic heterocycles. The number of carbonyl (C=O) groups is 2. The molecule has 5 nitrogen and oxygen atoms in total. The SMILES string of the molecule is O=C(Nc1ccc2c(c1)N(Cc1ccccc1F)C(=O)CO2)c1ccc(Cl)cc1. The number of hydrogen-bond donors (Lipinski definition) is 1. The predicted molar refractivity (Wildman–Crippen MR) is 109 cm³/mol. The molecule has 0 saturated carbocycles. The van der Waals surface area contributed by atoms with Crippen molar-refractivity contribution < 1.29 is 18.7 Å². The summed E-state index contributed by atoms with van der Waals surface area (Å²) in [4.78, 5) is 26.4. The van der Waals surface area contributed by atoms with Crippen LogP contribution in [-0.4, -0.2) is 18.4 Å². The minimum atomic E-state index is -0.388. The Balaban J connectivity index is 1.61. The quantitative estimate of drug-likeness (QED) is 0.680. The van der Waals surface area contributed by atoms with Crippen LogP contribution < -0.4 is 15.0 Å². The van der Waals surface area contributed by atoms with Crippen LogP contribution in [0.1, 0.15) is 15.9 Å². The predicted octanol–water partition coefficient (Wildman–Crippen LogP) is 4.66. The molecule has 1 N–H and O–H groups in total. The molecule has 1 heterocycles. The maximum absolute atomic E-state index is 14.1. The van der Waals surface area contributed by atoms with Crippen LogP contribution in [-0.2, 0) is 11.3 Å². The second kappa shape index (κ2) is 7.93. The van der Waals surface area contributed by atoms with Crippen LogP contribution in [0.5, 0.6) is 5.75 Å². The molecule has 2 amide bonds. The molecule has 29 heavy (non-hydrogen) atoms. The lowest BCUT2D eigenvalue weighted by molar-refractivity contribution is -0.121. The van der Waals surface area contributed by atoms with Gasteiger partial charge in [0.25, 0.3) is 11.8 Å². The van der Waals surface area contributed by atoms with E-state index in [4.69, 9.17) is 16.3 Å². The van der Waals surface area contributed by atoms with Gasteiger partial charge in [-0.05, 0) is 48.5 Å². The minimum Gasteiger partial charge on any atom is -0.482 e. The number of carbonyl (C=O) groups excluding carboxylic acids is 2. The Morgan fingerprint density at radius 2 is 1.86 bits per heavy atom. The summed E-state index contributed by atoms with van der Waals surface area (Å²) in [6.07, 6.45) is 0. The molecule has 3 aromatic rings. The van der Waals surface area contributed by atoms with Gasteiger partial charge < -0.3 is 15.0 Å². The van der Waals surface area contributed by atoms with Crippen LogP contribution in [0.2, 0.25) is 5.02 Å². The van der Waals surface area contributed by atoms with Crippen LogP contribution in [0.3, 0.4) is 0 Å². The summed E-state index contributed by atoms with van der Waals surface area (Å²) < 4.78 is 19.6. The van der Waals surface area contributed by atoms with Gasteiger partial charge in [0.1, 0.15) is 11.6 Å². The third-order valence-corrected chi connectivity index (χ3v) is 4.80. The monoisotopic (exact) mass is 410 g/mol. The molecule has 1 aliphatic rings. The number of ether oxygens (including phenoxy) is 1. The molecule has 1 aliphatic heterocycles. The number of halogens is 2. The van der Waals surface area contributed by atoms with Gasteiger partial charge in [-0.3, -0.25) is 9.59 Å². The van der Waals surface area contributed by atoms with Crippen molar-refractivity contribution in [1.29, 1.82) is 0 Å². The topological polar surface area (TPSA) is 58.6 Å². The largest absolute Gasteiger partial charge is 0.482 e. The third-order valence-electron chi connectivity index (χ3n) is 4.55. The maximum atomic E-state index is 14.1. The van der Waals surface area contributed by atoms with Gasteiger partial charge in [-0.25, -0.2) is 4.39 Å². The van der Waals surface area contributed by atoms with Gasteiger partial charge in [0, 0.05) is 21.8 Å². The summed E-state index contributed by atoms with van der Waals surface area (Å²) in [6.45, 7) is -0.0611. The molecule has 0 atom stereocenters. The molecule has 146 valence electrons. The molecule has 0 aliphatic carbocycles. The zero-order valence-electron chi connectivity index (χ0n) is 15.2. The first-order valence-corrected chi connectivity index (χ1v) is 9.26. The lowest BCUT2D eigenvalue weighted by Gasteiger charge is -2.30. The molecule has 4 rings (SSSR count). The zero-order valence-corrected chi connectivity index (χ0v) is 15.9. The van der Waals surface area contributed by atoms with Crippen molar-refractivity contribution in [2.24, 2.45) is 0 Å². The fraction of sp³-hybridized carbons (Fsp3) is 0.0909. The molecular weight excluding hydrogens is 395 g/mol. The highest BCUT2D eigenvalue weighted by molar-refractivity contribution is 6.30. The van der Waals surface area contributed by atoms with E-state index >= 15 is 0 Å². The lowest BCUT2D eigenvalue weighted by Crippen LogP contribution is -2.38. The highest BCUT2D eigenvalue weighted by atomic mass is 35.5. The van der Waals surface area contributed by atoms with E-state index in [1.165, 1.54) is 11.0 Å². The Bertz CT molecular complexity index is 1090. The first-order chi connectivity index (χ1) is 14.0. The summed E-state index contributed by atoms with van der Waals surface area (Å²) in [5.41, 5.74) is 1.80. The summed E-state index contributed by atoms with van der Waals surface area (Å²) in [7, 11) is 0. The molecule has 0 saturated heterocycles. The van der Waals surface area contributed by atoms with Gasteiger partial charge in [-0.15, -0.1) is 0 Å². The van der Waals surface area contributed by atoms with Crippen molar-refractivity contribution in [3.63, 3.8) is 0 Å². The molecule has 7 heteroatoms. The van der Waals surface area contributed by atoms with E-state index in [0.717, 1.165) is 0 Å². The summed E-state index contributed by atoms with van der Waals surface area (Å²) in [6, 6.07) is 17.8. The van der Waals surface area contributed by atoms with Gasteiger partial charge in [-0.1, -0.05) is 29.8 Å². The van der Waals surface area contributed by atoms with Gasteiger partial charge in [0.15, 0.2) is 6.61 Å². The number of hydrogen-bond acceptors (Lipinski definition) is 3. The van der Waals surface area contributed by atoms with Gasteiger partial charge in [-0.2, -0.15) is 0 Å². The van der Waals surface area contributed by atoms with E-state index in [0.29, 0.717) is 33.3 Å². The average molecular weight is 411 g/mol. The second-order valence-electron chi connectivity index (χ2n) is 6.50. The van der Waals surface area contributed by atoms with E-state index in [2.05, 4.69) is 5.32 Å². The average Bonchev–Trinajstić information content (AvgIpc) is 2.72. The van der Waals surface area contributed by atoms with Crippen LogP contribution >= 0.6 is 11.6 Å². The Labute approximate surface area is 171 Å². The molecule has 0 bridgehead atoms. The summed E-state index contributed by atoms with van der Waals surface area (Å²) in [5.74, 6) is -0.502. The Kier molecular flexibility index (Phi) is 5.18. The van der Waals surface area contributed by atoms with E-state index < -0.39 is 0 Å². The number of rotatable bonds is 4. The number of fused-ring (bicyclic) bond motifs is 1. The highest BCUT2D eigenvalue weighted by Gasteiger charge is 2.27. The smallest absolute Gasteiger partial charge is 0.265 e. The van der Waals surface area contributed by atoms with Gasteiger partial charge >= 0.3 is 0 Å². The first-order valence-electron chi connectivity index (χ1n) is 8.89. The van der Waals surface area contributed by atoms with E-state index in [1.54, 1.807) is 60.7 Å². The number of amides is 2. The molecule has 0 radical (unpaired) electrons. The Morgan fingerprint density at radius 3 is 2.62 bits per heavy atom. The first kappa shape index (κ1) is 19.0. The maximum Gasteiger partial charge on any atom is 0.265 e. The highest BCUT2D eigenvalue weighted by Crippen LogP contribution is 2.36. The second-order valence-corrected chi connectivity index (χ2v) is 6.94. The van der Waals surface area contributed by atoms with E-state index in [1.807, 2.05) is 0 Å². The fourth-order valence-electron chi connectivity index (χ4n) is 3.05. The Morgan fingerprint density at radius 1 is 1.10 bits per heavy atom. The van der Waals surface area contributed by atoms with Crippen molar-refractivity contribution in [2.75, 3.05) is 16.8 Å². The van der Waals surface area contributed by atoms with Crippen molar-refractivity contribution >= 4 is 34.8 Å². The molecular formula is C22H16ClFN2O3. The summed E-state index contributed by atoms with van der Waals surface area (Å²) in [5, 5.41) is 3.33. The van der Waals surface area contributed by atoms with E-state index in [9.17, 15) is 14.0 Å². The normalized spacial score (nSPS) is 12.9. The third kappa shape index (κ3) is 4.07. The van der Waals surface area contributed by atoms with Crippen LogP contribution in [0.25, 0.3) is 0 Å². The zero-order chi connectivity index (χ0) is 20.4. The van der Waals surface area contributed by atoms with Gasteiger partial charge in [0.2, 0.25) is 0 Å². The summed E-state index contributed by atoms with van der Waals surface area (Å²) >= 11 is 5.85. The standard InChI is InChI=1S/C22H16ClFN2O3/c23-16-7-5-14(6-8-16)22(28)25-17-9-10-20-19(11-17)26(21(27)13-29-20)12-15-3-1-2-4-18(15)24/h1-11H,12-13H2,(H,25,28). The van der Waals surface area contributed by atoms with E-state index in [-0.39, 0.29) is 30.8 Å². The van der Waals surface area contributed by atoms with Crippen molar-refractivity contribution in [3.05, 3.63) is 88.7 Å². The minimum absolute atomic E-state index is 0.0659. The van der Waals surface area contributed by atoms with Crippen molar-refractivity contribution in [1.82, 2.24) is 0 Å². The molecule has 0 unspecified atom stereocenters. The molecule has 3 aromatic carbocycles. The van der Waals surface area contributed by atoms with Crippen molar-refractivity contribution in [2.45, 2.75) is 6.54 Å². The van der Waals surface area contributed by atoms with Gasteiger partial charge in [0.05, 0.1) is 12.2 Å². The number of anilines is 2. The van der Waals surface area contributed by atoms with Crippen LogP contribution in [0, 0.1) is 5.82 Å².